The molecule has 0 amide bonds. The Kier molecular flexibility index (Phi) is 5.63. The van der Waals surface area contributed by atoms with E-state index in [1.165, 1.54) is 17.8 Å². The number of nitrogens with zero attached hydrogens (tertiary/aromatic N) is 1. The predicted octanol–water partition coefficient (Wildman–Crippen LogP) is 4.53. The topological polar surface area (TPSA) is 36.4 Å². The Morgan fingerprint density at radius 3 is 2.82 bits per heavy atom. The third-order valence-corrected chi connectivity index (χ3v) is 3.87. The van der Waals surface area contributed by atoms with Crippen LogP contribution in [-0.2, 0) is 0 Å². The van der Waals surface area contributed by atoms with Crippen molar-refractivity contribution < 1.29 is 4.39 Å². The zero-order valence-electron chi connectivity index (χ0n) is 12.2. The van der Waals surface area contributed by atoms with E-state index < -0.39 is 0 Å². The second-order valence-corrected chi connectivity index (χ2v) is 6.06. The Morgan fingerprint density at radius 2 is 2.05 bits per heavy atom. The van der Waals surface area contributed by atoms with Crippen molar-refractivity contribution in [3.05, 3.63) is 63.4 Å². The van der Waals surface area contributed by atoms with E-state index in [-0.39, 0.29) is 5.82 Å². The van der Waals surface area contributed by atoms with Crippen molar-refractivity contribution in [1.82, 2.24) is 5.43 Å². The largest absolute Gasteiger partial charge is 0.331 e. The van der Waals surface area contributed by atoms with Crippen LogP contribution < -0.4 is 10.7 Å². The minimum Gasteiger partial charge on any atom is -0.331 e. The molecular weight excluding hydrogens is 365 g/mol. The SMILES string of the molecule is Cc1cccc(NC(=S)N/N=C/c2cc(Br)ccc2F)c1C. The number of hydrazone groups is 1. The first-order valence-electron chi connectivity index (χ1n) is 6.58. The number of halogens is 2. The van der Waals surface area contributed by atoms with E-state index in [1.807, 2.05) is 32.0 Å². The molecule has 0 bridgehead atoms. The predicted molar refractivity (Wildman–Crippen MR) is 97.0 cm³/mol. The van der Waals surface area contributed by atoms with Gasteiger partial charge in [0.05, 0.1) is 6.21 Å². The van der Waals surface area contributed by atoms with Crippen LogP contribution in [0.3, 0.4) is 0 Å². The van der Waals surface area contributed by atoms with Gasteiger partial charge in [0.25, 0.3) is 0 Å². The first-order valence-corrected chi connectivity index (χ1v) is 7.79. The highest BCUT2D eigenvalue weighted by Gasteiger charge is 2.03. The standard InChI is InChI=1S/C16H15BrFN3S/c1-10-4-3-5-15(11(10)2)20-16(22)21-19-9-12-8-13(17)6-7-14(12)18/h3-9H,1-2H3,(H2,20,21,22)/b19-9+. The van der Waals surface area contributed by atoms with Gasteiger partial charge in [-0.3, -0.25) is 5.43 Å². The molecule has 0 saturated heterocycles. The average molecular weight is 380 g/mol. The Labute approximate surface area is 142 Å². The number of hydrogen-bond donors (Lipinski definition) is 2. The van der Waals surface area contributed by atoms with E-state index >= 15 is 0 Å². The fraction of sp³-hybridized carbons (Fsp3) is 0.125. The molecule has 0 aromatic heterocycles. The van der Waals surface area contributed by atoms with E-state index in [9.17, 15) is 4.39 Å². The number of hydrogen-bond acceptors (Lipinski definition) is 2. The second-order valence-electron chi connectivity index (χ2n) is 4.74. The summed E-state index contributed by atoms with van der Waals surface area (Å²) in [7, 11) is 0. The van der Waals surface area contributed by atoms with Crippen LogP contribution in [0.25, 0.3) is 0 Å². The number of benzene rings is 2. The lowest BCUT2D eigenvalue weighted by atomic mass is 10.1. The van der Waals surface area contributed by atoms with Crippen LogP contribution in [0.1, 0.15) is 16.7 Å². The van der Waals surface area contributed by atoms with Gasteiger partial charge < -0.3 is 5.32 Å². The van der Waals surface area contributed by atoms with Gasteiger partial charge in [-0.1, -0.05) is 28.1 Å². The summed E-state index contributed by atoms with van der Waals surface area (Å²) in [6.45, 7) is 4.05. The van der Waals surface area contributed by atoms with Crippen molar-refractivity contribution >= 4 is 45.2 Å². The summed E-state index contributed by atoms with van der Waals surface area (Å²) in [5.41, 5.74) is 6.26. The van der Waals surface area contributed by atoms with Crippen molar-refractivity contribution in [2.24, 2.45) is 5.10 Å². The Morgan fingerprint density at radius 1 is 1.27 bits per heavy atom. The summed E-state index contributed by atoms with van der Waals surface area (Å²) in [5.74, 6) is -0.345. The van der Waals surface area contributed by atoms with Gasteiger partial charge in [-0.15, -0.1) is 0 Å². The van der Waals surface area contributed by atoms with E-state index in [0.717, 1.165) is 15.7 Å². The lowest BCUT2D eigenvalue weighted by molar-refractivity contribution is 0.625. The smallest absolute Gasteiger partial charge is 0.191 e. The van der Waals surface area contributed by atoms with Crippen LogP contribution in [0.5, 0.6) is 0 Å². The number of anilines is 1. The third-order valence-electron chi connectivity index (χ3n) is 3.18. The van der Waals surface area contributed by atoms with Crippen molar-refractivity contribution in [2.45, 2.75) is 13.8 Å². The lowest BCUT2D eigenvalue weighted by Crippen LogP contribution is -2.24. The molecule has 2 aromatic carbocycles. The van der Waals surface area contributed by atoms with Gasteiger partial charge in [0.1, 0.15) is 5.82 Å². The van der Waals surface area contributed by atoms with Crippen LogP contribution in [0.2, 0.25) is 0 Å². The highest BCUT2D eigenvalue weighted by atomic mass is 79.9. The molecule has 6 heteroatoms. The van der Waals surface area contributed by atoms with Crippen LogP contribution in [0, 0.1) is 19.7 Å². The van der Waals surface area contributed by atoms with Gasteiger partial charge in [-0.05, 0) is 61.5 Å². The average Bonchev–Trinajstić information content (AvgIpc) is 2.47. The maximum Gasteiger partial charge on any atom is 0.191 e. The molecule has 0 saturated carbocycles. The molecule has 2 rings (SSSR count). The maximum atomic E-state index is 13.5. The second kappa shape index (κ2) is 7.47. The molecule has 22 heavy (non-hydrogen) atoms. The summed E-state index contributed by atoms with van der Waals surface area (Å²) >= 11 is 8.46. The van der Waals surface area contributed by atoms with Crippen LogP contribution in [-0.4, -0.2) is 11.3 Å². The molecular formula is C16H15BrFN3S. The fourth-order valence-corrected chi connectivity index (χ4v) is 2.35. The van der Waals surface area contributed by atoms with E-state index in [2.05, 4.69) is 31.8 Å². The lowest BCUT2D eigenvalue weighted by Gasteiger charge is -2.11. The van der Waals surface area contributed by atoms with Crippen molar-refractivity contribution in [2.75, 3.05) is 5.32 Å². The van der Waals surface area contributed by atoms with Crippen molar-refractivity contribution in [3.63, 3.8) is 0 Å². The molecule has 0 aliphatic carbocycles. The minimum atomic E-state index is -0.345. The van der Waals surface area contributed by atoms with Gasteiger partial charge in [0, 0.05) is 15.7 Å². The summed E-state index contributed by atoms with van der Waals surface area (Å²) in [6.07, 6.45) is 1.39. The highest BCUT2D eigenvalue weighted by Crippen LogP contribution is 2.17. The molecule has 2 N–H and O–H groups in total. The molecule has 0 atom stereocenters. The van der Waals surface area contributed by atoms with Crippen molar-refractivity contribution in [3.8, 4) is 0 Å². The summed E-state index contributed by atoms with van der Waals surface area (Å²) < 4.78 is 14.3. The Balaban J connectivity index is 1.99. The molecule has 0 heterocycles. The van der Waals surface area contributed by atoms with E-state index in [4.69, 9.17) is 12.2 Å². The fourth-order valence-electron chi connectivity index (χ4n) is 1.81. The molecule has 114 valence electrons. The summed E-state index contributed by atoms with van der Waals surface area (Å²) in [4.78, 5) is 0. The van der Waals surface area contributed by atoms with Gasteiger partial charge in [-0.2, -0.15) is 5.10 Å². The molecule has 3 nitrogen and oxygen atoms in total. The minimum absolute atomic E-state index is 0.345. The normalized spacial score (nSPS) is 10.7. The monoisotopic (exact) mass is 379 g/mol. The Bertz CT molecular complexity index is 731. The van der Waals surface area contributed by atoms with Gasteiger partial charge in [0.15, 0.2) is 5.11 Å². The first-order chi connectivity index (χ1) is 10.5. The molecule has 0 aliphatic heterocycles. The number of nitrogens with one attached hydrogen (secondary N) is 2. The molecule has 0 unspecified atom stereocenters. The number of rotatable bonds is 3. The zero-order chi connectivity index (χ0) is 16.1. The maximum absolute atomic E-state index is 13.5. The Hall–Kier alpha value is -1.79. The van der Waals surface area contributed by atoms with Crippen LogP contribution >= 0.6 is 28.1 Å². The third kappa shape index (κ3) is 4.35. The molecule has 0 spiro atoms. The quantitative estimate of drug-likeness (QED) is 0.467. The van der Waals surface area contributed by atoms with E-state index in [1.54, 1.807) is 12.1 Å². The van der Waals surface area contributed by atoms with Gasteiger partial charge in [0.2, 0.25) is 0 Å². The van der Waals surface area contributed by atoms with Gasteiger partial charge >= 0.3 is 0 Å². The number of thiocarbonyl (C=S) groups is 1. The summed E-state index contributed by atoms with van der Waals surface area (Å²) in [6, 6.07) is 10.6. The first kappa shape index (κ1) is 16.6. The van der Waals surface area contributed by atoms with Crippen LogP contribution in [0.15, 0.2) is 46.0 Å². The highest BCUT2D eigenvalue weighted by molar-refractivity contribution is 9.10. The molecule has 0 aliphatic rings. The summed E-state index contributed by atoms with van der Waals surface area (Å²) in [5, 5.41) is 7.37. The zero-order valence-corrected chi connectivity index (χ0v) is 14.6. The van der Waals surface area contributed by atoms with E-state index in [0.29, 0.717) is 10.7 Å². The van der Waals surface area contributed by atoms with Crippen molar-refractivity contribution in [1.29, 1.82) is 0 Å². The molecule has 2 aromatic rings. The van der Waals surface area contributed by atoms with Gasteiger partial charge in [-0.25, -0.2) is 4.39 Å². The molecule has 0 fully saturated rings. The molecule has 0 radical (unpaired) electrons. The number of aryl methyl sites for hydroxylation is 1. The van der Waals surface area contributed by atoms with Crippen LogP contribution in [0.4, 0.5) is 10.1 Å².